The Labute approximate surface area is 106 Å². The summed E-state index contributed by atoms with van der Waals surface area (Å²) < 4.78 is 0. The Hall–Kier alpha value is -2.09. The van der Waals surface area contributed by atoms with Gasteiger partial charge in [0.1, 0.15) is 11.7 Å². The van der Waals surface area contributed by atoms with E-state index in [0.717, 1.165) is 12.8 Å². The highest BCUT2D eigenvalue weighted by atomic mass is 16.6. The van der Waals surface area contributed by atoms with Gasteiger partial charge in [-0.15, -0.1) is 0 Å². The first kappa shape index (κ1) is 12.4. The first-order valence-corrected chi connectivity index (χ1v) is 6.03. The molecule has 0 unspecified atom stereocenters. The second-order valence-corrected chi connectivity index (χ2v) is 4.71. The standard InChI is InChI=1S/C13H15N3O2/c1-10-6-7-15(11(8-10)9-14)12-4-2-3-5-13(12)16(17)18/h2-5,10-11H,6-8H2,1H3/t10-,11+/m0/s1. The number of hydrogen-bond donors (Lipinski definition) is 0. The molecule has 2 atom stereocenters. The lowest BCUT2D eigenvalue weighted by atomic mass is 9.92. The van der Waals surface area contributed by atoms with Crippen LogP contribution in [-0.4, -0.2) is 17.5 Å². The number of nitro benzene ring substituents is 1. The summed E-state index contributed by atoms with van der Waals surface area (Å²) >= 11 is 0. The van der Waals surface area contributed by atoms with Crippen molar-refractivity contribution < 1.29 is 4.92 Å². The number of hydrogen-bond acceptors (Lipinski definition) is 4. The Morgan fingerprint density at radius 1 is 1.50 bits per heavy atom. The number of nitrogens with zero attached hydrogens (tertiary/aromatic N) is 3. The van der Waals surface area contributed by atoms with Crippen LogP contribution in [0.3, 0.4) is 0 Å². The highest BCUT2D eigenvalue weighted by Crippen LogP contribution is 2.33. The quantitative estimate of drug-likeness (QED) is 0.593. The zero-order chi connectivity index (χ0) is 13.1. The first-order valence-electron chi connectivity index (χ1n) is 6.03. The number of piperidine rings is 1. The summed E-state index contributed by atoms with van der Waals surface area (Å²) in [6.45, 7) is 2.81. The molecule has 5 nitrogen and oxygen atoms in total. The molecule has 5 heteroatoms. The van der Waals surface area contributed by atoms with E-state index >= 15 is 0 Å². The Morgan fingerprint density at radius 2 is 2.22 bits per heavy atom. The summed E-state index contributed by atoms with van der Waals surface area (Å²) in [4.78, 5) is 12.5. The van der Waals surface area contributed by atoms with Gasteiger partial charge in [-0.2, -0.15) is 5.26 Å². The molecule has 1 saturated heterocycles. The lowest BCUT2D eigenvalue weighted by Crippen LogP contribution is -2.41. The van der Waals surface area contributed by atoms with E-state index in [1.54, 1.807) is 18.2 Å². The fourth-order valence-electron chi connectivity index (χ4n) is 2.41. The molecule has 0 N–H and O–H groups in total. The number of benzene rings is 1. The van der Waals surface area contributed by atoms with E-state index in [-0.39, 0.29) is 16.7 Å². The van der Waals surface area contributed by atoms with Crippen molar-refractivity contribution in [2.45, 2.75) is 25.8 Å². The lowest BCUT2D eigenvalue weighted by Gasteiger charge is -2.35. The minimum absolute atomic E-state index is 0.0762. The monoisotopic (exact) mass is 245 g/mol. The maximum atomic E-state index is 11.0. The van der Waals surface area contributed by atoms with Gasteiger partial charge < -0.3 is 4.90 Å². The third-order valence-electron chi connectivity index (χ3n) is 3.40. The van der Waals surface area contributed by atoms with E-state index in [9.17, 15) is 15.4 Å². The van der Waals surface area contributed by atoms with Crippen molar-refractivity contribution in [2.75, 3.05) is 11.4 Å². The summed E-state index contributed by atoms with van der Waals surface area (Å²) in [5, 5.41) is 20.2. The Morgan fingerprint density at radius 3 is 2.89 bits per heavy atom. The molecule has 1 heterocycles. The molecule has 0 radical (unpaired) electrons. The smallest absolute Gasteiger partial charge is 0.292 e. The minimum Gasteiger partial charge on any atom is -0.350 e. The van der Waals surface area contributed by atoms with Gasteiger partial charge in [-0.25, -0.2) is 0 Å². The SMILES string of the molecule is C[C@H]1CCN(c2ccccc2[N+](=O)[O-])[C@@H](C#N)C1. The molecule has 18 heavy (non-hydrogen) atoms. The fourth-order valence-corrected chi connectivity index (χ4v) is 2.41. The predicted molar refractivity (Wildman–Crippen MR) is 68.2 cm³/mol. The van der Waals surface area contributed by atoms with Gasteiger partial charge in [0.05, 0.1) is 11.0 Å². The molecule has 0 amide bonds. The van der Waals surface area contributed by atoms with Crippen LogP contribution in [0, 0.1) is 27.4 Å². The van der Waals surface area contributed by atoms with Crippen LogP contribution in [0.15, 0.2) is 24.3 Å². The van der Waals surface area contributed by atoms with Gasteiger partial charge in [0, 0.05) is 12.6 Å². The molecule has 1 aliphatic rings. The van der Waals surface area contributed by atoms with Crippen LogP contribution in [0.4, 0.5) is 11.4 Å². The Kier molecular flexibility index (Phi) is 3.47. The highest BCUT2D eigenvalue weighted by molar-refractivity contribution is 5.64. The van der Waals surface area contributed by atoms with Crippen molar-refractivity contribution in [1.82, 2.24) is 0 Å². The van der Waals surface area contributed by atoms with Gasteiger partial charge in [0.25, 0.3) is 5.69 Å². The lowest BCUT2D eigenvalue weighted by molar-refractivity contribution is -0.384. The van der Waals surface area contributed by atoms with Gasteiger partial charge in [0.2, 0.25) is 0 Å². The summed E-state index contributed by atoms with van der Waals surface area (Å²) in [5.41, 5.74) is 0.633. The fraction of sp³-hybridized carbons (Fsp3) is 0.462. The van der Waals surface area contributed by atoms with Crippen LogP contribution in [0.25, 0.3) is 0 Å². The molecular formula is C13H15N3O2. The summed E-state index contributed by atoms with van der Waals surface area (Å²) in [6.07, 6.45) is 1.73. The topological polar surface area (TPSA) is 70.2 Å². The van der Waals surface area contributed by atoms with Crippen molar-refractivity contribution in [3.8, 4) is 6.07 Å². The highest BCUT2D eigenvalue weighted by Gasteiger charge is 2.30. The van der Waals surface area contributed by atoms with Gasteiger partial charge in [-0.3, -0.25) is 10.1 Å². The van der Waals surface area contributed by atoms with Crippen molar-refractivity contribution in [3.63, 3.8) is 0 Å². The third kappa shape index (κ3) is 2.28. The number of nitriles is 1. The van der Waals surface area contributed by atoms with Crippen LogP contribution in [0.1, 0.15) is 19.8 Å². The molecule has 1 aromatic rings. The molecule has 0 bridgehead atoms. The van der Waals surface area contributed by atoms with Crippen LogP contribution >= 0.6 is 0 Å². The van der Waals surface area contributed by atoms with Gasteiger partial charge >= 0.3 is 0 Å². The van der Waals surface area contributed by atoms with Crippen LogP contribution in [-0.2, 0) is 0 Å². The van der Waals surface area contributed by atoms with Crippen LogP contribution < -0.4 is 4.90 Å². The molecule has 1 aromatic carbocycles. The van der Waals surface area contributed by atoms with E-state index < -0.39 is 0 Å². The second-order valence-electron chi connectivity index (χ2n) is 4.71. The number of rotatable bonds is 2. The zero-order valence-electron chi connectivity index (χ0n) is 10.2. The minimum atomic E-state index is -0.387. The molecule has 0 aliphatic carbocycles. The second kappa shape index (κ2) is 5.05. The molecule has 2 rings (SSSR count). The van der Waals surface area contributed by atoms with Gasteiger partial charge in [-0.05, 0) is 24.8 Å². The normalized spacial score (nSPS) is 23.4. The zero-order valence-corrected chi connectivity index (χ0v) is 10.2. The van der Waals surface area contributed by atoms with Gasteiger partial charge in [0.15, 0.2) is 0 Å². The molecule has 1 aliphatic heterocycles. The average Bonchev–Trinajstić information content (AvgIpc) is 2.38. The van der Waals surface area contributed by atoms with Crippen molar-refractivity contribution in [2.24, 2.45) is 5.92 Å². The van der Waals surface area contributed by atoms with Crippen LogP contribution in [0.2, 0.25) is 0 Å². The summed E-state index contributed by atoms with van der Waals surface area (Å²) in [7, 11) is 0. The van der Waals surface area contributed by atoms with Crippen molar-refractivity contribution in [1.29, 1.82) is 5.26 Å². The summed E-state index contributed by atoms with van der Waals surface area (Å²) in [6, 6.07) is 8.61. The first-order chi connectivity index (χ1) is 8.63. The Balaban J connectivity index is 2.36. The summed E-state index contributed by atoms with van der Waals surface area (Å²) in [5.74, 6) is 0.494. The van der Waals surface area contributed by atoms with E-state index in [4.69, 9.17) is 0 Å². The molecule has 0 aromatic heterocycles. The van der Waals surface area contributed by atoms with E-state index in [1.807, 2.05) is 4.90 Å². The maximum Gasteiger partial charge on any atom is 0.292 e. The largest absolute Gasteiger partial charge is 0.350 e. The molecular weight excluding hydrogens is 230 g/mol. The van der Waals surface area contributed by atoms with E-state index in [1.165, 1.54) is 6.07 Å². The average molecular weight is 245 g/mol. The van der Waals surface area contributed by atoms with Crippen molar-refractivity contribution in [3.05, 3.63) is 34.4 Å². The molecule has 0 saturated carbocycles. The van der Waals surface area contributed by atoms with Crippen molar-refractivity contribution >= 4 is 11.4 Å². The maximum absolute atomic E-state index is 11.0. The third-order valence-corrected chi connectivity index (χ3v) is 3.40. The van der Waals surface area contributed by atoms with Crippen LogP contribution in [0.5, 0.6) is 0 Å². The van der Waals surface area contributed by atoms with E-state index in [2.05, 4.69) is 13.0 Å². The molecule has 1 fully saturated rings. The molecule has 94 valence electrons. The predicted octanol–water partition coefficient (Wildman–Crippen LogP) is 2.72. The van der Waals surface area contributed by atoms with E-state index in [0.29, 0.717) is 18.2 Å². The number of anilines is 1. The van der Waals surface area contributed by atoms with Gasteiger partial charge in [-0.1, -0.05) is 19.1 Å². The Bertz CT molecular complexity index is 495. The molecule has 0 spiro atoms. The number of nitro groups is 1. The number of para-hydroxylation sites is 2.